The van der Waals surface area contributed by atoms with E-state index >= 15 is 0 Å². The third-order valence-electron chi connectivity index (χ3n) is 6.19. The normalized spacial score (nSPS) is 14.6. The van der Waals surface area contributed by atoms with Gasteiger partial charge < -0.3 is 9.97 Å². The lowest BCUT2D eigenvalue weighted by molar-refractivity contribution is 0.543. The van der Waals surface area contributed by atoms with Crippen LogP contribution in [0, 0.1) is 0 Å². The molecular formula is C28H24N4. The Kier molecular flexibility index (Phi) is 4.15. The summed E-state index contributed by atoms with van der Waals surface area (Å²) in [5.41, 5.74) is 10.5. The van der Waals surface area contributed by atoms with Crippen LogP contribution in [-0.2, 0) is 11.8 Å². The molecule has 4 nitrogen and oxygen atoms in total. The molecule has 0 unspecified atom stereocenters. The molecule has 3 aromatic heterocycles. The highest BCUT2D eigenvalue weighted by molar-refractivity contribution is 5.90. The number of nitrogens with zero attached hydrogens (tertiary/aromatic N) is 2. The van der Waals surface area contributed by atoms with Crippen LogP contribution in [0.1, 0.15) is 36.6 Å². The molecule has 5 heterocycles. The molecule has 0 atom stereocenters. The molecule has 4 aromatic rings. The lowest BCUT2D eigenvalue weighted by Gasteiger charge is -2.15. The first kappa shape index (κ1) is 18.8. The van der Waals surface area contributed by atoms with Crippen LogP contribution in [-0.4, -0.2) is 19.9 Å². The van der Waals surface area contributed by atoms with Crippen LogP contribution in [0.5, 0.6) is 0 Å². The second-order valence-electron chi connectivity index (χ2n) is 9.17. The van der Waals surface area contributed by atoms with Gasteiger partial charge in [-0.3, -0.25) is 4.98 Å². The van der Waals surface area contributed by atoms with E-state index in [-0.39, 0.29) is 5.41 Å². The van der Waals surface area contributed by atoms with E-state index < -0.39 is 0 Å². The molecule has 8 bridgehead atoms. The maximum atomic E-state index is 4.98. The van der Waals surface area contributed by atoms with Crippen LogP contribution in [0.25, 0.3) is 45.3 Å². The van der Waals surface area contributed by atoms with Crippen molar-refractivity contribution < 1.29 is 0 Å². The fourth-order valence-corrected chi connectivity index (χ4v) is 4.57. The maximum absolute atomic E-state index is 4.98. The van der Waals surface area contributed by atoms with E-state index in [4.69, 9.17) is 9.97 Å². The lowest BCUT2D eigenvalue weighted by Crippen LogP contribution is -2.14. The summed E-state index contributed by atoms with van der Waals surface area (Å²) in [6, 6.07) is 25.3. The number of fused-ring (bicyclic) bond motifs is 8. The van der Waals surface area contributed by atoms with Crippen molar-refractivity contribution in [2.45, 2.75) is 25.7 Å². The molecule has 0 saturated carbocycles. The van der Waals surface area contributed by atoms with Crippen LogP contribution in [0.15, 0.2) is 72.8 Å². The van der Waals surface area contributed by atoms with Crippen molar-refractivity contribution >= 4 is 34.2 Å². The molecule has 4 heteroatoms. The van der Waals surface area contributed by atoms with E-state index in [0.29, 0.717) is 0 Å². The number of hydrogen-bond donors (Lipinski definition) is 2. The molecule has 2 aliphatic heterocycles. The average molecular weight is 417 g/mol. The minimum atomic E-state index is -0.00668. The van der Waals surface area contributed by atoms with Gasteiger partial charge in [0.15, 0.2) is 0 Å². The van der Waals surface area contributed by atoms with Gasteiger partial charge in [-0.2, -0.15) is 0 Å². The smallest absolute Gasteiger partial charge is 0.0736 e. The molecule has 2 aliphatic rings. The fourth-order valence-electron chi connectivity index (χ4n) is 4.57. The molecule has 32 heavy (non-hydrogen) atoms. The van der Waals surface area contributed by atoms with Crippen LogP contribution in [0.4, 0.5) is 0 Å². The van der Waals surface area contributed by atoms with E-state index in [1.54, 1.807) is 0 Å². The third kappa shape index (κ3) is 3.34. The minimum Gasteiger partial charge on any atom is -0.355 e. The van der Waals surface area contributed by atoms with Gasteiger partial charge in [-0.05, 0) is 60.2 Å². The van der Waals surface area contributed by atoms with Crippen molar-refractivity contribution in [3.63, 3.8) is 0 Å². The molecule has 0 aliphatic carbocycles. The zero-order valence-electron chi connectivity index (χ0n) is 18.2. The number of rotatable bonds is 1. The summed E-state index contributed by atoms with van der Waals surface area (Å²) < 4.78 is 0. The van der Waals surface area contributed by atoms with E-state index in [0.717, 1.165) is 62.4 Å². The SMILES string of the molecule is CC1(C)Cc2cc3ccc([nH]3)c(-c3ccccc3)c3nc(cc4ccc(cc1n2)[nH]4)C=C3. The van der Waals surface area contributed by atoms with Crippen molar-refractivity contribution in [3.05, 3.63) is 95.6 Å². The standard InChI is InChI=1S/C28H24N4/c1-28(2)17-23-15-21-11-13-25(31-21)27(18-6-4-3-5-7-18)24-12-10-20(30-24)14-19-8-9-22(29-19)16-26(28)32-23/h3-16,29,31H,17H2,1-2H3. The van der Waals surface area contributed by atoms with Crippen molar-refractivity contribution in [3.8, 4) is 11.1 Å². The average Bonchev–Trinajstić information content (AvgIpc) is 3.54. The topological polar surface area (TPSA) is 57.4 Å². The quantitative estimate of drug-likeness (QED) is 0.320. The Hall–Kier alpha value is -3.92. The van der Waals surface area contributed by atoms with E-state index in [9.17, 15) is 0 Å². The summed E-state index contributed by atoms with van der Waals surface area (Å²) in [5.74, 6) is 0. The first-order chi connectivity index (χ1) is 15.5. The van der Waals surface area contributed by atoms with Crippen molar-refractivity contribution in [2.24, 2.45) is 0 Å². The van der Waals surface area contributed by atoms with Crippen molar-refractivity contribution in [1.82, 2.24) is 19.9 Å². The number of benzene rings is 1. The first-order valence-electron chi connectivity index (χ1n) is 11.0. The minimum absolute atomic E-state index is 0.00668. The Morgan fingerprint density at radius 1 is 0.750 bits per heavy atom. The Bertz CT molecular complexity index is 1520. The van der Waals surface area contributed by atoms with Gasteiger partial charge >= 0.3 is 0 Å². The largest absolute Gasteiger partial charge is 0.355 e. The van der Waals surface area contributed by atoms with Gasteiger partial charge in [0.1, 0.15) is 0 Å². The van der Waals surface area contributed by atoms with Crippen molar-refractivity contribution in [2.75, 3.05) is 0 Å². The predicted octanol–water partition coefficient (Wildman–Crippen LogP) is 6.67. The van der Waals surface area contributed by atoms with Crippen LogP contribution in [0.3, 0.4) is 0 Å². The van der Waals surface area contributed by atoms with Gasteiger partial charge in [-0.15, -0.1) is 0 Å². The van der Waals surface area contributed by atoms with Gasteiger partial charge in [-0.1, -0.05) is 44.2 Å². The highest BCUT2D eigenvalue weighted by Crippen LogP contribution is 2.32. The Balaban J connectivity index is 1.72. The highest BCUT2D eigenvalue weighted by Gasteiger charge is 2.28. The van der Waals surface area contributed by atoms with Crippen LogP contribution >= 0.6 is 0 Å². The third-order valence-corrected chi connectivity index (χ3v) is 6.19. The zero-order valence-corrected chi connectivity index (χ0v) is 18.2. The summed E-state index contributed by atoms with van der Waals surface area (Å²) in [4.78, 5) is 17.0. The number of aromatic nitrogens is 4. The highest BCUT2D eigenvalue weighted by atomic mass is 14.8. The van der Waals surface area contributed by atoms with Crippen molar-refractivity contribution in [1.29, 1.82) is 0 Å². The molecular weight excluding hydrogens is 392 g/mol. The molecule has 0 fully saturated rings. The van der Waals surface area contributed by atoms with E-state index in [2.05, 4.69) is 103 Å². The van der Waals surface area contributed by atoms with Gasteiger partial charge in [0.25, 0.3) is 0 Å². The molecule has 0 spiro atoms. The first-order valence-corrected chi connectivity index (χ1v) is 11.0. The van der Waals surface area contributed by atoms with Gasteiger partial charge in [-0.25, -0.2) is 4.98 Å². The Morgan fingerprint density at radius 3 is 2.34 bits per heavy atom. The number of H-pyrrole nitrogens is 2. The van der Waals surface area contributed by atoms with Gasteiger partial charge in [0, 0.05) is 50.9 Å². The fraction of sp³-hybridized carbons (Fsp3) is 0.143. The van der Waals surface area contributed by atoms with Gasteiger partial charge in [0.2, 0.25) is 0 Å². The monoisotopic (exact) mass is 416 g/mol. The molecule has 1 aromatic carbocycles. The van der Waals surface area contributed by atoms with Gasteiger partial charge in [0.05, 0.1) is 11.4 Å². The van der Waals surface area contributed by atoms with E-state index in [1.165, 1.54) is 0 Å². The summed E-state index contributed by atoms with van der Waals surface area (Å²) in [6.07, 6.45) is 5.08. The molecule has 156 valence electrons. The summed E-state index contributed by atoms with van der Waals surface area (Å²) in [6.45, 7) is 4.51. The van der Waals surface area contributed by atoms with E-state index in [1.807, 2.05) is 6.07 Å². The number of aromatic amines is 2. The Labute approximate surface area is 186 Å². The predicted molar refractivity (Wildman–Crippen MR) is 132 cm³/mol. The van der Waals surface area contributed by atoms with Crippen LogP contribution < -0.4 is 0 Å². The van der Waals surface area contributed by atoms with Crippen LogP contribution in [0.2, 0.25) is 0 Å². The molecule has 2 N–H and O–H groups in total. The maximum Gasteiger partial charge on any atom is 0.0736 e. The zero-order chi connectivity index (χ0) is 21.7. The second kappa shape index (κ2) is 7.06. The number of hydrogen-bond acceptors (Lipinski definition) is 2. The molecule has 0 saturated heterocycles. The summed E-state index contributed by atoms with van der Waals surface area (Å²) in [5, 5.41) is 0. The molecule has 0 radical (unpaired) electrons. The molecule has 6 rings (SSSR count). The Morgan fingerprint density at radius 2 is 1.50 bits per heavy atom. The summed E-state index contributed by atoms with van der Waals surface area (Å²) in [7, 11) is 0. The molecule has 0 amide bonds. The lowest BCUT2D eigenvalue weighted by atomic mass is 9.87. The number of nitrogens with one attached hydrogen (secondary N) is 2. The summed E-state index contributed by atoms with van der Waals surface area (Å²) >= 11 is 0. The second-order valence-corrected chi connectivity index (χ2v) is 9.17.